The van der Waals surface area contributed by atoms with Crippen LogP contribution in [0.1, 0.15) is 19.8 Å². The lowest BCUT2D eigenvalue weighted by Gasteiger charge is -2.02. The Morgan fingerprint density at radius 1 is 1.33 bits per heavy atom. The van der Waals surface area contributed by atoms with E-state index >= 15 is 0 Å². The summed E-state index contributed by atoms with van der Waals surface area (Å²) in [7, 11) is 0. The summed E-state index contributed by atoms with van der Waals surface area (Å²) < 4.78 is 5.76. The van der Waals surface area contributed by atoms with Gasteiger partial charge in [-0.2, -0.15) is 0 Å². The number of carbonyl (C=O) groups excluding carboxylic acids is 2. The van der Waals surface area contributed by atoms with Crippen molar-refractivity contribution in [3.05, 3.63) is 28.7 Å². The summed E-state index contributed by atoms with van der Waals surface area (Å²) in [4.78, 5) is 23.7. The second-order valence-electron chi connectivity index (χ2n) is 3.59. The standard InChI is InChI=1S/C13H15BrO3S/c1-2-17-13(16)7-6-11(15)9-18-12-5-3-4-10(14)8-12/h3-5,8H,2,6-7,9H2,1H3. The highest BCUT2D eigenvalue weighted by molar-refractivity contribution is 9.10. The normalized spacial score (nSPS) is 10.1. The highest BCUT2D eigenvalue weighted by atomic mass is 79.9. The van der Waals surface area contributed by atoms with Gasteiger partial charge in [-0.3, -0.25) is 9.59 Å². The average Bonchev–Trinajstić information content (AvgIpc) is 2.34. The summed E-state index contributed by atoms with van der Waals surface area (Å²) in [5.74, 6) is 0.141. The number of benzene rings is 1. The summed E-state index contributed by atoms with van der Waals surface area (Å²) in [5.41, 5.74) is 0. The van der Waals surface area contributed by atoms with Crippen LogP contribution in [0.5, 0.6) is 0 Å². The molecule has 1 aromatic rings. The number of rotatable bonds is 7. The maximum absolute atomic E-state index is 11.6. The van der Waals surface area contributed by atoms with Crippen molar-refractivity contribution in [2.75, 3.05) is 12.4 Å². The molecule has 0 aliphatic rings. The molecule has 1 aromatic carbocycles. The van der Waals surface area contributed by atoms with Gasteiger partial charge in [0.25, 0.3) is 0 Å². The molecular weight excluding hydrogens is 316 g/mol. The van der Waals surface area contributed by atoms with Gasteiger partial charge in [0.05, 0.1) is 18.8 Å². The number of esters is 1. The quantitative estimate of drug-likeness (QED) is 0.567. The molecule has 0 heterocycles. The molecule has 0 amide bonds. The molecule has 0 atom stereocenters. The Bertz CT molecular complexity index is 420. The number of Topliss-reactive ketones (excluding diaryl/α,β-unsaturated/α-hetero) is 1. The van der Waals surface area contributed by atoms with Crippen molar-refractivity contribution in [3.8, 4) is 0 Å². The van der Waals surface area contributed by atoms with Gasteiger partial charge in [-0.05, 0) is 25.1 Å². The van der Waals surface area contributed by atoms with E-state index in [1.165, 1.54) is 11.8 Å². The number of halogens is 1. The average molecular weight is 331 g/mol. The zero-order valence-corrected chi connectivity index (χ0v) is 12.6. The molecule has 0 aliphatic carbocycles. The minimum absolute atomic E-state index is 0.0630. The van der Waals surface area contributed by atoms with E-state index in [0.717, 1.165) is 9.37 Å². The number of thioether (sulfide) groups is 1. The molecule has 0 aliphatic heterocycles. The van der Waals surface area contributed by atoms with Crippen molar-refractivity contribution in [3.63, 3.8) is 0 Å². The van der Waals surface area contributed by atoms with E-state index in [9.17, 15) is 9.59 Å². The lowest BCUT2D eigenvalue weighted by Crippen LogP contribution is -2.08. The van der Waals surface area contributed by atoms with Gasteiger partial charge in [0.2, 0.25) is 0 Å². The molecule has 0 saturated heterocycles. The molecule has 0 radical (unpaired) electrons. The van der Waals surface area contributed by atoms with Crippen molar-refractivity contribution in [2.45, 2.75) is 24.7 Å². The number of ketones is 1. The van der Waals surface area contributed by atoms with E-state index < -0.39 is 0 Å². The fraction of sp³-hybridized carbons (Fsp3) is 0.385. The van der Waals surface area contributed by atoms with Gasteiger partial charge >= 0.3 is 5.97 Å². The van der Waals surface area contributed by atoms with Crippen LogP contribution in [0.15, 0.2) is 33.6 Å². The predicted octanol–water partition coefficient (Wildman–Crippen LogP) is 3.45. The number of carbonyl (C=O) groups is 2. The molecule has 0 unspecified atom stereocenters. The van der Waals surface area contributed by atoms with Gasteiger partial charge < -0.3 is 4.74 Å². The Morgan fingerprint density at radius 3 is 2.78 bits per heavy atom. The third-order valence-electron chi connectivity index (χ3n) is 2.11. The van der Waals surface area contributed by atoms with Crippen molar-refractivity contribution in [1.29, 1.82) is 0 Å². The van der Waals surface area contributed by atoms with E-state index in [4.69, 9.17) is 4.74 Å². The highest BCUT2D eigenvalue weighted by Gasteiger charge is 2.08. The van der Waals surface area contributed by atoms with Crippen molar-refractivity contribution in [2.24, 2.45) is 0 Å². The van der Waals surface area contributed by atoms with Crippen LogP contribution in [0.4, 0.5) is 0 Å². The maximum Gasteiger partial charge on any atom is 0.306 e. The summed E-state index contributed by atoms with van der Waals surface area (Å²) in [6.45, 7) is 2.11. The minimum atomic E-state index is -0.307. The first kappa shape index (κ1) is 15.2. The van der Waals surface area contributed by atoms with Crippen LogP contribution in [0, 0.1) is 0 Å². The fourth-order valence-corrected chi connectivity index (χ4v) is 2.68. The first-order valence-electron chi connectivity index (χ1n) is 5.67. The SMILES string of the molecule is CCOC(=O)CCC(=O)CSc1cccc(Br)c1. The number of ether oxygens (including phenoxy) is 1. The van der Waals surface area contributed by atoms with E-state index in [1.807, 2.05) is 24.3 Å². The Kier molecular flexibility index (Phi) is 7.05. The second kappa shape index (κ2) is 8.32. The van der Waals surface area contributed by atoms with E-state index in [1.54, 1.807) is 6.92 Å². The van der Waals surface area contributed by atoms with Crippen LogP contribution in [0.2, 0.25) is 0 Å². The van der Waals surface area contributed by atoms with E-state index in [-0.39, 0.29) is 24.6 Å². The first-order chi connectivity index (χ1) is 8.61. The Hall–Kier alpha value is -0.810. The van der Waals surface area contributed by atoms with Crippen molar-refractivity contribution in [1.82, 2.24) is 0 Å². The first-order valence-corrected chi connectivity index (χ1v) is 7.45. The molecule has 0 fully saturated rings. The lowest BCUT2D eigenvalue weighted by molar-refractivity contribution is -0.144. The molecule has 3 nitrogen and oxygen atoms in total. The van der Waals surface area contributed by atoms with Crippen LogP contribution in [-0.2, 0) is 14.3 Å². The molecule has 1 rings (SSSR count). The van der Waals surface area contributed by atoms with Gasteiger partial charge in [-0.1, -0.05) is 22.0 Å². The molecule has 98 valence electrons. The third-order valence-corrected chi connectivity index (χ3v) is 3.66. The molecule has 0 spiro atoms. The Morgan fingerprint density at radius 2 is 2.11 bits per heavy atom. The molecule has 18 heavy (non-hydrogen) atoms. The second-order valence-corrected chi connectivity index (χ2v) is 5.55. The summed E-state index contributed by atoms with van der Waals surface area (Å²) in [6.07, 6.45) is 0.422. The molecule has 0 N–H and O–H groups in total. The van der Waals surface area contributed by atoms with E-state index in [2.05, 4.69) is 15.9 Å². The summed E-state index contributed by atoms with van der Waals surface area (Å²) in [5, 5.41) is 0. The summed E-state index contributed by atoms with van der Waals surface area (Å²) >= 11 is 4.85. The largest absolute Gasteiger partial charge is 0.466 e. The number of hydrogen-bond acceptors (Lipinski definition) is 4. The van der Waals surface area contributed by atoms with Crippen LogP contribution in [0.3, 0.4) is 0 Å². The molecule has 0 bridgehead atoms. The Labute approximate surface area is 119 Å². The van der Waals surface area contributed by atoms with Gasteiger partial charge in [0.15, 0.2) is 0 Å². The van der Waals surface area contributed by atoms with Crippen LogP contribution in [-0.4, -0.2) is 24.1 Å². The third kappa shape index (κ3) is 6.21. The van der Waals surface area contributed by atoms with Crippen LogP contribution >= 0.6 is 27.7 Å². The highest BCUT2D eigenvalue weighted by Crippen LogP contribution is 2.22. The molecular formula is C13H15BrO3S. The smallest absolute Gasteiger partial charge is 0.306 e. The number of hydrogen-bond donors (Lipinski definition) is 0. The lowest BCUT2D eigenvalue weighted by atomic mass is 10.2. The molecule has 0 saturated carbocycles. The van der Waals surface area contributed by atoms with Gasteiger partial charge in [0, 0.05) is 15.8 Å². The molecule has 0 aromatic heterocycles. The summed E-state index contributed by atoms with van der Waals surface area (Å²) in [6, 6.07) is 7.78. The van der Waals surface area contributed by atoms with Crippen LogP contribution < -0.4 is 0 Å². The predicted molar refractivity (Wildman–Crippen MR) is 75.7 cm³/mol. The van der Waals surface area contributed by atoms with E-state index in [0.29, 0.717) is 12.4 Å². The minimum Gasteiger partial charge on any atom is -0.466 e. The monoisotopic (exact) mass is 330 g/mol. The van der Waals surface area contributed by atoms with Crippen LogP contribution in [0.25, 0.3) is 0 Å². The van der Waals surface area contributed by atoms with Crippen molar-refractivity contribution >= 4 is 39.4 Å². The zero-order chi connectivity index (χ0) is 13.4. The Balaban J connectivity index is 2.27. The fourth-order valence-electron chi connectivity index (χ4n) is 1.27. The topological polar surface area (TPSA) is 43.4 Å². The van der Waals surface area contributed by atoms with Gasteiger partial charge in [-0.15, -0.1) is 11.8 Å². The van der Waals surface area contributed by atoms with Crippen molar-refractivity contribution < 1.29 is 14.3 Å². The van der Waals surface area contributed by atoms with Gasteiger partial charge in [0.1, 0.15) is 5.78 Å². The molecule has 5 heteroatoms. The van der Waals surface area contributed by atoms with Gasteiger partial charge in [-0.25, -0.2) is 0 Å². The zero-order valence-electron chi connectivity index (χ0n) is 10.1. The maximum atomic E-state index is 11.6.